The molecule has 1 aromatic carbocycles. The third-order valence-corrected chi connectivity index (χ3v) is 3.50. The molecular weight excluding hydrogens is 296 g/mol. The van der Waals surface area contributed by atoms with Crippen molar-refractivity contribution in [1.29, 1.82) is 0 Å². The number of carbonyl (C=O) groups is 1. The summed E-state index contributed by atoms with van der Waals surface area (Å²) in [5, 5.41) is 3.91. The van der Waals surface area contributed by atoms with Gasteiger partial charge in [0.25, 0.3) is 0 Å². The summed E-state index contributed by atoms with van der Waals surface area (Å²) in [5.41, 5.74) is 5.13. The van der Waals surface area contributed by atoms with Crippen LogP contribution in [0.4, 0.5) is 0 Å². The first kappa shape index (κ1) is 17.0. The summed E-state index contributed by atoms with van der Waals surface area (Å²) in [6.07, 6.45) is 0. The Labute approximate surface area is 135 Å². The molecule has 0 spiro atoms. The van der Waals surface area contributed by atoms with Crippen LogP contribution in [0.3, 0.4) is 0 Å². The number of ether oxygens (including phenoxy) is 1. The molecule has 2 N–H and O–H groups in total. The van der Waals surface area contributed by atoms with E-state index < -0.39 is 11.3 Å². The van der Waals surface area contributed by atoms with E-state index in [0.29, 0.717) is 12.4 Å². The lowest BCUT2D eigenvalue weighted by Crippen LogP contribution is -2.35. The van der Waals surface area contributed by atoms with Gasteiger partial charge in [-0.1, -0.05) is 5.16 Å². The molecule has 7 heteroatoms. The summed E-state index contributed by atoms with van der Waals surface area (Å²) in [7, 11) is 3.99. The van der Waals surface area contributed by atoms with E-state index in [2.05, 4.69) is 15.0 Å². The summed E-state index contributed by atoms with van der Waals surface area (Å²) in [4.78, 5) is 17.7. The molecule has 0 unspecified atom stereocenters. The summed E-state index contributed by atoms with van der Waals surface area (Å²) in [6.45, 7) is 4.76. The fourth-order valence-electron chi connectivity index (χ4n) is 1.75. The van der Waals surface area contributed by atoms with Gasteiger partial charge in [-0.3, -0.25) is 4.79 Å². The Hall–Kier alpha value is -2.41. The topological polar surface area (TPSA) is 94.5 Å². The number of likely N-dealkylation sites (N-methyl/N-ethyl adjacent to an activating group) is 1. The minimum absolute atomic E-state index is 0.200. The second-order valence-corrected chi connectivity index (χ2v) is 6.09. The van der Waals surface area contributed by atoms with Gasteiger partial charge in [0, 0.05) is 12.1 Å². The van der Waals surface area contributed by atoms with E-state index in [4.69, 9.17) is 15.0 Å². The minimum Gasteiger partial charge on any atom is -0.492 e. The number of hydrogen-bond acceptors (Lipinski definition) is 6. The van der Waals surface area contributed by atoms with Crippen molar-refractivity contribution < 1.29 is 14.1 Å². The maximum Gasteiger partial charge on any atom is 0.242 e. The number of carbonyl (C=O) groups excluding carboxylic acids is 1. The van der Waals surface area contributed by atoms with Gasteiger partial charge >= 0.3 is 0 Å². The molecule has 124 valence electrons. The molecule has 0 aliphatic heterocycles. The van der Waals surface area contributed by atoms with E-state index in [1.54, 1.807) is 13.8 Å². The number of nitrogens with two attached hydrogens (primary N) is 1. The van der Waals surface area contributed by atoms with E-state index in [9.17, 15) is 4.79 Å². The van der Waals surface area contributed by atoms with Crippen LogP contribution < -0.4 is 10.5 Å². The Morgan fingerprint density at radius 2 is 1.96 bits per heavy atom. The number of benzene rings is 1. The van der Waals surface area contributed by atoms with Crippen LogP contribution in [0.15, 0.2) is 28.8 Å². The van der Waals surface area contributed by atoms with E-state index >= 15 is 0 Å². The highest BCUT2D eigenvalue weighted by Crippen LogP contribution is 2.25. The van der Waals surface area contributed by atoms with Crippen LogP contribution in [0.5, 0.6) is 5.75 Å². The van der Waals surface area contributed by atoms with Crippen molar-refractivity contribution >= 4 is 5.91 Å². The number of rotatable bonds is 7. The third kappa shape index (κ3) is 4.07. The standard InChI is InChI=1S/C16H22N4O3/c1-16(2,14(17)21)15-18-13(19-23-15)11-5-7-12(8-6-11)22-10-9-20(3)4/h5-8H,9-10H2,1-4H3,(H2,17,21). The second-order valence-electron chi connectivity index (χ2n) is 6.09. The highest BCUT2D eigenvalue weighted by molar-refractivity contribution is 5.84. The third-order valence-electron chi connectivity index (χ3n) is 3.50. The molecule has 2 aromatic rings. The molecule has 2 rings (SSSR count). The molecule has 0 fully saturated rings. The van der Waals surface area contributed by atoms with E-state index in [1.807, 2.05) is 38.4 Å². The predicted octanol–water partition coefficient (Wildman–Crippen LogP) is 1.44. The molecule has 7 nitrogen and oxygen atoms in total. The van der Waals surface area contributed by atoms with Crippen LogP contribution in [0, 0.1) is 0 Å². The van der Waals surface area contributed by atoms with Crippen LogP contribution in [0.2, 0.25) is 0 Å². The van der Waals surface area contributed by atoms with Crippen molar-refractivity contribution in [2.45, 2.75) is 19.3 Å². The Balaban J connectivity index is 2.08. The van der Waals surface area contributed by atoms with Gasteiger partial charge in [0.1, 0.15) is 17.8 Å². The number of primary amides is 1. The number of hydrogen-bond donors (Lipinski definition) is 1. The Kier molecular flexibility index (Phi) is 5.00. The van der Waals surface area contributed by atoms with Gasteiger partial charge in [-0.15, -0.1) is 0 Å². The molecule has 0 saturated carbocycles. The monoisotopic (exact) mass is 318 g/mol. The average Bonchev–Trinajstić information content (AvgIpc) is 2.98. The lowest BCUT2D eigenvalue weighted by molar-refractivity contribution is -0.123. The van der Waals surface area contributed by atoms with Crippen molar-refractivity contribution in [2.24, 2.45) is 5.73 Å². The van der Waals surface area contributed by atoms with Gasteiger partial charge in [-0.25, -0.2) is 0 Å². The van der Waals surface area contributed by atoms with Crippen LogP contribution >= 0.6 is 0 Å². The molecule has 1 heterocycles. The molecule has 1 amide bonds. The first-order chi connectivity index (χ1) is 10.8. The van der Waals surface area contributed by atoms with Crippen LogP contribution in [0.25, 0.3) is 11.4 Å². The van der Waals surface area contributed by atoms with Gasteiger partial charge in [-0.2, -0.15) is 4.98 Å². The zero-order chi connectivity index (χ0) is 17.0. The molecule has 0 radical (unpaired) electrons. The quantitative estimate of drug-likeness (QED) is 0.830. The molecule has 0 aliphatic carbocycles. The van der Waals surface area contributed by atoms with Crippen molar-refractivity contribution in [3.63, 3.8) is 0 Å². The summed E-state index contributed by atoms with van der Waals surface area (Å²) < 4.78 is 10.8. The van der Waals surface area contributed by atoms with E-state index in [-0.39, 0.29) is 5.89 Å². The number of nitrogens with zero attached hydrogens (tertiary/aromatic N) is 3. The molecule has 0 atom stereocenters. The molecule has 0 bridgehead atoms. The Morgan fingerprint density at radius 3 is 2.52 bits per heavy atom. The van der Waals surface area contributed by atoms with Crippen LogP contribution in [-0.4, -0.2) is 48.2 Å². The summed E-state index contributed by atoms with van der Waals surface area (Å²) in [6, 6.07) is 7.38. The first-order valence-corrected chi connectivity index (χ1v) is 7.33. The Morgan fingerprint density at radius 1 is 1.30 bits per heavy atom. The van der Waals surface area contributed by atoms with Crippen molar-refractivity contribution in [2.75, 3.05) is 27.2 Å². The largest absolute Gasteiger partial charge is 0.492 e. The average molecular weight is 318 g/mol. The predicted molar refractivity (Wildman–Crippen MR) is 86.0 cm³/mol. The fourth-order valence-corrected chi connectivity index (χ4v) is 1.75. The fraction of sp³-hybridized carbons (Fsp3) is 0.438. The molecule has 1 aromatic heterocycles. The van der Waals surface area contributed by atoms with Gasteiger partial charge in [-0.05, 0) is 52.2 Å². The van der Waals surface area contributed by atoms with Crippen molar-refractivity contribution in [3.8, 4) is 17.1 Å². The van der Waals surface area contributed by atoms with Crippen molar-refractivity contribution in [3.05, 3.63) is 30.2 Å². The van der Waals surface area contributed by atoms with E-state index in [1.165, 1.54) is 0 Å². The van der Waals surface area contributed by atoms with Gasteiger partial charge in [0.05, 0.1) is 0 Å². The zero-order valence-electron chi connectivity index (χ0n) is 13.9. The maximum absolute atomic E-state index is 11.4. The first-order valence-electron chi connectivity index (χ1n) is 7.33. The van der Waals surface area contributed by atoms with Crippen LogP contribution in [0.1, 0.15) is 19.7 Å². The summed E-state index contributed by atoms with van der Waals surface area (Å²) in [5.74, 6) is 0.870. The zero-order valence-corrected chi connectivity index (χ0v) is 13.9. The molecule has 0 aliphatic rings. The normalized spacial score (nSPS) is 11.7. The van der Waals surface area contributed by atoms with Crippen molar-refractivity contribution in [1.82, 2.24) is 15.0 Å². The minimum atomic E-state index is -1.000. The van der Waals surface area contributed by atoms with E-state index in [0.717, 1.165) is 17.9 Å². The number of amides is 1. The highest BCUT2D eigenvalue weighted by Gasteiger charge is 2.34. The van der Waals surface area contributed by atoms with Gasteiger partial charge in [0.2, 0.25) is 17.6 Å². The smallest absolute Gasteiger partial charge is 0.242 e. The summed E-state index contributed by atoms with van der Waals surface area (Å²) >= 11 is 0. The number of aromatic nitrogens is 2. The van der Waals surface area contributed by atoms with Gasteiger partial charge in [0.15, 0.2) is 0 Å². The lowest BCUT2D eigenvalue weighted by Gasteiger charge is -2.13. The molecule has 0 saturated heterocycles. The van der Waals surface area contributed by atoms with Gasteiger partial charge < -0.3 is 19.9 Å². The highest BCUT2D eigenvalue weighted by atomic mass is 16.5. The second kappa shape index (κ2) is 6.78. The molecular formula is C16H22N4O3. The lowest BCUT2D eigenvalue weighted by atomic mass is 9.93. The molecule has 23 heavy (non-hydrogen) atoms. The SMILES string of the molecule is CN(C)CCOc1ccc(-c2noc(C(C)(C)C(N)=O)n2)cc1. The maximum atomic E-state index is 11.4. The van der Waals surface area contributed by atoms with Crippen LogP contribution in [-0.2, 0) is 10.2 Å². The Bertz CT molecular complexity index is 662.